The molecular formula is C22H22F2N6O. The first-order valence-corrected chi connectivity index (χ1v) is 10.0. The molecule has 3 heterocycles. The van der Waals surface area contributed by atoms with Gasteiger partial charge in [0.2, 0.25) is 0 Å². The molecule has 0 bridgehead atoms. The van der Waals surface area contributed by atoms with Crippen molar-refractivity contribution in [3.05, 3.63) is 70.7 Å². The number of hydrogen-bond acceptors (Lipinski definition) is 4. The van der Waals surface area contributed by atoms with E-state index in [1.54, 1.807) is 25.2 Å². The van der Waals surface area contributed by atoms with Crippen LogP contribution in [-0.2, 0) is 6.42 Å². The minimum absolute atomic E-state index is 0.0424. The highest BCUT2D eigenvalue weighted by atomic mass is 19.1. The third kappa shape index (κ3) is 3.93. The predicted octanol–water partition coefficient (Wildman–Crippen LogP) is 3.47. The molecule has 0 spiro atoms. The van der Waals surface area contributed by atoms with Gasteiger partial charge >= 0.3 is 0 Å². The lowest BCUT2D eigenvalue weighted by atomic mass is 10.0. The second-order valence-electron chi connectivity index (χ2n) is 7.87. The van der Waals surface area contributed by atoms with Crippen molar-refractivity contribution in [1.82, 2.24) is 24.4 Å². The maximum absolute atomic E-state index is 14.9. The number of rotatable bonds is 4. The van der Waals surface area contributed by atoms with E-state index in [9.17, 15) is 13.6 Å². The fourth-order valence-electron chi connectivity index (χ4n) is 4.00. The summed E-state index contributed by atoms with van der Waals surface area (Å²) in [5, 5.41) is 1.95. The number of fused-ring (bicyclic) bond motifs is 1. The number of aromatic nitrogens is 3. The van der Waals surface area contributed by atoms with Crippen molar-refractivity contribution in [2.45, 2.75) is 25.3 Å². The maximum atomic E-state index is 14.9. The van der Waals surface area contributed by atoms with Gasteiger partial charge in [0, 0.05) is 38.3 Å². The molecule has 0 aliphatic carbocycles. The second kappa shape index (κ2) is 8.30. The smallest absolute Gasteiger partial charge is 0.253 e. The van der Waals surface area contributed by atoms with Gasteiger partial charge in [0.25, 0.3) is 5.91 Å². The highest BCUT2D eigenvalue weighted by molar-refractivity contribution is 5.94. The minimum atomic E-state index is -0.536. The van der Waals surface area contributed by atoms with Gasteiger partial charge < -0.3 is 9.47 Å². The van der Waals surface area contributed by atoms with Gasteiger partial charge in [-0.1, -0.05) is 6.07 Å². The summed E-state index contributed by atoms with van der Waals surface area (Å²) in [5.74, 6) is -1.27. The number of hydrogen-bond donors (Lipinski definition) is 0. The average Bonchev–Trinajstić information content (AvgIpc) is 3.12. The molecule has 1 aliphatic rings. The average molecular weight is 424 g/mol. The molecule has 1 amide bonds. The third-order valence-corrected chi connectivity index (χ3v) is 5.68. The van der Waals surface area contributed by atoms with E-state index in [4.69, 9.17) is 6.57 Å². The SMILES string of the molecule is [C-]#[N+]N1CCC(n2cc(F)c3c(Cc4ccc(C(=O)N(C)C)cc4F)ncnc32)CC1. The molecule has 0 unspecified atom stereocenters. The van der Waals surface area contributed by atoms with E-state index in [2.05, 4.69) is 14.9 Å². The van der Waals surface area contributed by atoms with Gasteiger partial charge in [-0.2, -0.15) is 11.5 Å². The van der Waals surface area contributed by atoms with Crippen LogP contribution >= 0.6 is 0 Å². The Labute approximate surface area is 178 Å². The van der Waals surface area contributed by atoms with Gasteiger partial charge in [-0.05, 0) is 30.5 Å². The summed E-state index contributed by atoms with van der Waals surface area (Å²) in [5.41, 5.74) is 1.45. The lowest BCUT2D eigenvalue weighted by Crippen LogP contribution is -2.29. The monoisotopic (exact) mass is 424 g/mol. The molecule has 0 atom stereocenters. The Hall–Kier alpha value is -3.54. The number of amides is 1. The highest BCUT2D eigenvalue weighted by Gasteiger charge is 2.26. The molecule has 1 aromatic carbocycles. The van der Waals surface area contributed by atoms with Gasteiger partial charge in [-0.15, -0.1) is 5.01 Å². The first-order valence-electron chi connectivity index (χ1n) is 10.0. The molecule has 0 radical (unpaired) electrons. The summed E-state index contributed by atoms with van der Waals surface area (Å²) in [6, 6.07) is 4.34. The van der Waals surface area contributed by atoms with Crippen LogP contribution in [0, 0.1) is 18.2 Å². The van der Waals surface area contributed by atoms with Crippen LogP contribution in [0.3, 0.4) is 0 Å². The van der Waals surface area contributed by atoms with Gasteiger partial charge in [-0.3, -0.25) is 4.79 Å². The Balaban J connectivity index is 1.65. The van der Waals surface area contributed by atoms with Crippen molar-refractivity contribution in [1.29, 1.82) is 0 Å². The maximum Gasteiger partial charge on any atom is 0.253 e. The molecule has 3 aromatic rings. The van der Waals surface area contributed by atoms with Crippen molar-refractivity contribution in [3.8, 4) is 0 Å². The summed E-state index contributed by atoms with van der Waals surface area (Å²) >= 11 is 0. The number of halogens is 2. The van der Waals surface area contributed by atoms with Crippen LogP contribution in [0.5, 0.6) is 0 Å². The summed E-state index contributed by atoms with van der Waals surface area (Å²) in [7, 11) is 3.20. The quantitative estimate of drug-likeness (QED) is 0.602. The minimum Gasteiger partial charge on any atom is -0.345 e. The van der Waals surface area contributed by atoms with Gasteiger partial charge in [0.15, 0.2) is 5.82 Å². The molecule has 0 saturated carbocycles. The van der Waals surface area contributed by atoms with Crippen LogP contribution in [0.1, 0.15) is 40.5 Å². The Morgan fingerprint density at radius 3 is 2.61 bits per heavy atom. The van der Waals surface area contributed by atoms with Gasteiger partial charge in [0.1, 0.15) is 17.8 Å². The highest BCUT2D eigenvalue weighted by Crippen LogP contribution is 2.30. The molecule has 1 fully saturated rings. The number of piperidine rings is 1. The van der Waals surface area contributed by atoms with Crippen LogP contribution < -0.4 is 0 Å². The predicted molar refractivity (Wildman–Crippen MR) is 111 cm³/mol. The Morgan fingerprint density at radius 2 is 1.97 bits per heavy atom. The zero-order chi connectivity index (χ0) is 22.1. The molecule has 1 aliphatic heterocycles. The van der Waals surface area contributed by atoms with E-state index in [1.807, 2.05) is 4.57 Å². The van der Waals surface area contributed by atoms with E-state index in [0.717, 1.165) is 12.8 Å². The summed E-state index contributed by atoms with van der Waals surface area (Å²) in [6.07, 6.45) is 4.32. The fraction of sp³-hybridized carbons (Fsp3) is 0.364. The van der Waals surface area contributed by atoms with Crippen molar-refractivity contribution in [2.24, 2.45) is 0 Å². The first-order chi connectivity index (χ1) is 14.9. The Bertz CT molecular complexity index is 1170. The summed E-state index contributed by atoms with van der Waals surface area (Å²) in [6.45, 7) is 8.37. The van der Waals surface area contributed by atoms with Gasteiger partial charge in [-0.25, -0.2) is 18.7 Å². The molecule has 160 valence electrons. The van der Waals surface area contributed by atoms with Gasteiger partial charge in [0.05, 0.1) is 24.2 Å². The van der Waals surface area contributed by atoms with E-state index in [1.165, 1.54) is 29.6 Å². The second-order valence-corrected chi connectivity index (χ2v) is 7.87. The standard InChI is InChI=1S/C22H22F2N6O/c1-25-29-8-6-16(7-9-29)30-12-18(24)20-19(26-13-27-21(20)30)11-14-4-5-15(10-17(14)23)22(31)28(2)3/h4-5,10,12-13,16H,6-9,11H2,2-3H3. The van der Waals surface area contributed by atoms with E-state index < -0.39 is 11.6 Å². The number of nitrogens with zero attached hydrogens (tertiary/aromatic N) is 6. The lowest BCUT2D eigenvalue weighted by Gasteiger charge is -2.26. The normalized spacial score (nSPS) is 14.6. The number of benzene rings is 1. The Morgan fingerprint density at radius 1 is 1.23 bits per heavy atom. The summed E-state index contributed by atoms with van der Waals surface area (Å²) in [4.78, 5) is 25.4. The van der Waals surface area contributed by atoms with Crippen LogP contribution in [0.2, 0.25) is 0 Å². The van der Waals surface area contributed by atoms with Crippen LogP contribution in [0.4, 0.5) is 8.78 Å². The molecule has 2 aromatic heterocycles. The molecular weight excluding hydrogens is 402 g/mol. The van der Waals surface area contributed by atoms with Crippen molar-refractivity contribution < 1.29 is 13.6 Å². The zero-order valence-corrected chi connectivity index (χ0v) is 17.3. The fourth-order valence-corrected chi connectivity index (χ4v) is 4.00. The van der Waals surface area contributed by atoms with Crippen LogP contribution in [0.25, 0.3) is 16.0 Å². The molecule has 31 heavy (non-hydrogen) atoms. The van der Waals surface area contributed by atoms with Crippen LogP contribution in [-0.4, -0.2) is 57.5 Å². The first kappa shape index (κ1) is 20.7. The summed E-state index contributed by atoms with van der Waals surface area (Å²) < 4.78 is 31.4. The molecule has 9 heteroatoms. The van der Waals surface area contributed by atoms with Crippen molar-refractivity contribution in [2.75, 3.05) is 27.2 Å². The third-order valence-electron chi connectivity index (χ3n) is 5.68. The van der Waals surface area contributed by atoms with Crippen molar-refractivity contribution in [3.63, 3.8) is 0 Å². The lowest BCUT2D eigenvalue weighted by molar-refractivity contribution is 0.0827. The molecule has 0 N–H and O–H groups in total. The number of carbonyl (C=O) groups is 1. The van der Waals surface area contributed by atoms with E-state index in [-0.39, 0.29) is 29.3 Å². The molecule has 7 nitrogen and oxygen atoms in total. The topological polar surface area (TPSA) is 58.6 Å². The molecule has 4 rings (SSSR count). The molecule has 1 saturated heterocycles. The Kier molecular flexibility index (Phi) is 5.55. The zero-order valence-electron chi connectivity index (χ0n) is 17.3. The van der Waals surface area contributed by atoms with Crippen LogP contribution in [0.15, 0.2) is 30.7 Å². The largest absolute Gasteiger partial charge is 0.345 e. The van der Waals surface area contributed by atoms with E-state index in [0.29, 0.717) is 30.0 Å². The number of carbonyl (C=O) groups excluding carboxylic acids is 1. The van der Waals surface area contributed by atoms with E-state index >= 15 is 0 Å². The van der Waals surface area contributed by atoms with Crippen molar-refractivity contribution >= 4 is 16.9 Å².